The summed E-state index contributed by atoms with van der Waals surface area (Å²) >= 11 is 0. The van der Waals surface area contributed by atoms with Crippen molar-refractivity contribution in [2.75, 3.05) is 13.6 Å². The molecular weight excluding hydrogens is 705 g/mol. The minimum Gasteiger partial charge on any atom is -0.404 e. The number of nitrogens with zero attached hydrogens (tertiary/aromatic N) is 2. The van der Waals surface area contributed by atoms with Gasteiger partial charge in [0.15, 0.2) is 0 Å². The van der Waals surface area contributed by atoms with Crippen LogP contribution in [0.4, 0.5) is 0 Å². The SMILES string of the molecule is CC(=O)N[C@@H](Cc1ccc(OP(=O)(O)O)cc1)C(=O)N(C)[C@@H](CC(C)C)C(=O)N1CCC[C@H]1C(=O)N[C@@H](CCC(N)=O)C(=O)N[C@H](C(N)=O)[C@@H](C)O. The second-order valence-corrected chi connectivity index (χ2v) is 14.3. The molecule has 0 bridgehead atoms. The average molecular weight is 756 g/mol. The summed E-state index contributed by atoms with van der Waals surface area (Å²) < 4.78 is 15.7. The topological polar surface area (TPSA) is 301 Å². The summed E-state index contributed by atoms with van der Waals surface area (Å²) in [6.45, 7) is 6.28. The van der Waals surface area contributed by atoms with Gasteiger partial charge in [-0.15, -0.1) is 0 Å². The molecule has 1 aromatic carbocycles. The lowest BCUT2D eigenvalue weighted by atomic mass is 9.98. The van der Waals surface area contributed by atoms with Crippen LogP contribution in [0, 0.1) is 5.92 Å². The first-order chi connectivity index (χ1) is 24.1. The number of hydrogen-bond acceptors (Lipinski definition) is 10. The third kappa shape index (κ3) is 13.5. The van der Waals surface area contributed by atoms with Crippen molar-refractivity contribution in [1.82, 2.24) is 25.8 Å². The molecule has 0 spiro atoms. The second-order valence-electron chi connectivity index (χ2n) is 13.2. The lowest BCUT2D eigenvalue weighted by molar-refractivity contribution is -0.149. The normalized spacial score (nSPS) is 17.2. The molecule has 0 unspecified atom stereocenters. The fourth-order valence-corrected chi connectivity index (χ4v) is 6.17. The third-order valence-corrected chi connectivity index (χ3v) is 8.74. The van der Waals surface area contributed by atoms with E-state index < -0.39 is 85.5 Å². The Morgan fingerprint density at radius 3 is 2.12 bits per heavy atom. The molecule has 6 atom stereocenters. The third-order valence-electron chi connectivity index (χ3n) is 8.30. The van der Waals surface area contributed by atoms with Crippen LogP contribution in [0.1, 0.15) is 65.4 Å². The Morgan fingerprint density at radius 1 is 1.00 bits per heavy atom. The standard InChI is InChI=1S/C32H50N7O12P/c1-17(2)15-25(38(5)31(46)23(35-19(4)41)16-20-8-10-21(11-9-20)51-52(48,49)50)32(47)39-14-6-7-24(39)30(45)36-22(12-13-26(33)42)29(44)37-27(18(3)40)28(34)43/h8-11,17-18,22-25,27,40H,6-7,12-16H2,1-5H3,(H2,33,42)(H2,34,43)(H,35,41)(H,36,45)(H,37,44)(H2,48,49,50)/t18-,22+,23+,24+,25+,27+/m1/s1. The van der Waals surface area contributed by atoms with Crippen LogP contribution in [0.15, 0.2) is 24.3 Å². The van der Waals surface area contributed by atoms with Gasteiger partial charge in [0.25, 0.3) is 0 Å². The molecule has 2 rings (SSSR count). The van der Waals surface area contributed by atoms with E-state index in [2.05, 4.69) is 20.5 Å². The number of hydrogen-bond donors (Lipinski definition) is 8. The molecule has 7 amide bonds. The van der Waals surface area contributed by atoms with Gasteiger partial charge in [0.05, 0.1) is 6.10 Å². The average Bonchev–Trinajstić information content (AvgIpc) is 3.53. The van der Waals surface area contributed by atoms with E-state index in [9.17, 15) is 43.2 Å². The zero-order valence-corrected chi connectivity index (χ0v) is 30.7. The molecule has 0 aromatic heterocycles. The number of phosphoric acid groups is 1. The number of nitrogens with two attached hydrogens (primary N) is 2. The van der Waals surface area contributed by atoms with E-state index in [0.717, 1.165) is 0 Å². The Bertz CT molecular complexity index is 1520. The van der Waals surface area contributed by atoms with Gasteiger partial charge >= 0.3 is 7.82 Å². The molecule has 1 aromatic rings. The summed E-state index contributed by atoms with van der Waals surface area (Å²) in [6.07, 6.45) is -1.17. The number of benzene rings is 1. The number of likely N-dealkylation sites (N-methyl/N-ethyl adjacent to an activating group) is 1. The highest BCUT2D eigenvalue weighted by Crippen LogP contribution is 2.37. The van der Waals surface area contributed by atoms with Gasteiger partial charge in [0.2, 0.25) is 41.4 Å². The second kappa shape index (κ2) is 19.3. The van der Waals surface area contributed by atoms with Gasteiger partial charge in [-0.1, -0.05) is 26.0 Å². The van der Waals surface area contributed by atoms with E-state index in [1.165, 1.54) is 55.0 Å². The first kappa shape index (κ1) is 43.6. The maximum Gasteiger partial charge on any atom is 0.524 e. The van der Waals surface area contributed by atoms with E-state index in [0.29, 0.717) is 12.0 Å². The van der Waals surface area contributed by atoms with Crippen molar-refractivity contribution in [3.8, 4) is 5.75 Å². The Balaban J connectivity index is 2.32. The largest absolute Gasteiger partial charge is 0.524 e. The molecule has 10 N–H and O–H groups in total. The lowest BCUT2D eigenvalue weighted by Crippen LogP contribution is -2.60. The monoisotopic (exact) mass is 755 g/mol. The summed E-state index contributed by atoms with van der Waals surface area (Å²) in [7, 11) is -3.39. The summed E-state index contributed by atoms with van der Waals surface area (Å²) in [6, 6.07) is -0.649. The van der Waals surface area contributed by atoms with Crippen molar-refractivity contribution < 1.29 is 57.5 Å². The number of amides is 7. The molecule has 1 saturated heterocycles. The molecule has 20 heteroatoms. The van der Waals surface area contributed by atoms with E-state index in [-0.39, 0.29) is 50.3 Å². The van der Waals surface area contributed by atoms with Crippen molar-refractivity contribution >= 4 is 49.2 Å². The molecule has 290 valence electrons. The highest BCUT2D eigenvalue weighted by atomic mass is 31.2. The number of likely N-dealkylation sites (tertiary alicyclic amines) is 1. The molecule has 1 aliphatic heterocycles. The Hall–Kier alpha value is -4.58. The molecule has 0 saturated carbocycles. The van der Waals surface area contributed by atoms with Crippen molar-refractivity contribution in [2.45, 2.75) is 103 Å². The number of carbonyl (C=O) groups excluding carboxylic acids is 7. The zero-order valence-electron chi connectivity index (χ0n) is 29.8. The van der Waals surface area contributed by atoms with Gasteiger partial charge in [-0.25, -0.2) is 4.57 Å². The molecule has 52 heavy (non-hydrogen) atoms. The number of aliphatic hydroxyl groups is 1. The fraction of sp³-hybridized carbons (Fsp3) is 0.594. The molecule has 19 nitrogen and oxygen atoms in total. The molecular formula is C32H50N7O12P. The van der Waals surface area contributed by atoms with E-state index in [4.69, 9.17) is 21.3 Å². The van der Waals surface area contributed by atoms with E-state index in [1.807, 2.05) is 13.8 Å². The van der Waals surface area contributed by atoms with Gasteiger partial charge in [-0.2, -0.15) is 0 Å². The number of primary amides is 2. The van der Waals surface area contributed by atoms with Crippen LogP contribution >= 0.6 is 7.82 Å². The van der Waals surface area contributed by atoms with Gasteiger partial charge in [0.1, 0.15) is 36.0 Å². The van der Waals surface area contributed by atoms with Gasteiger partial charge in [0, 0.05) is 33.4 Å². The minimum absolute atomic E-state index is 0.0449. The highest BCUT2D eigenvalue weighted by molar-refractivity contribution is 7.46. The number of rotatable bonds is 19. The van der Waals surface area contributed by atoms with Crippen LogP contribution in [-0.4, -0.2) is 116 Å². The van der Waals surface area contributed by atoms with E-state index in [1.54, 1.807) is 0 Å². The van der Waals surface area contributed by atoms with Crippen molar-refractivity contribution in [3.05, 3.63) is 29.8 Å². The van der Waals surface area contributed by atoms with Crippen LogP contribution in [0.25, 0.3) is 0 Å². The molecule has 1 fully saturated rings. The van der Waals surface area contributed by atoms with Crippen molar-refractivity contribution in [1.29, 1.82) is 0 Å². The summed E-state index contributed by atoms with van der Waals surface area (Å²) in [5.74, 6) is -5.35. The van der Waals surface area contributed by atoms with Crippen molar-refractivity contribution in [3.63, 3.8) is 0 Å². The van der Waals surface area contributed by atoms with Gasteiger partial charge < -0.3 is 46.8 Å². The quantitative estimate of drug-likeness (QED) is 0.0724. The molecule has 0 aliphatic carbocycles. The number of carbonyl (C=O) groups is 7. The molecule has 1 heterocycles. The smallest absolute Gasteiger partial charge is 0.404 e. The van der Waals surface area contributed by atoms with Crippen LogP contribution in [-0.2, 0) is 44.5 Å². The highest BCUT2D eigenvalue weighted by Gasteiger charge is 2.42. The van der Waals surface area contributed by atoms with Crippen molar-refractivity contribution in [2.24, 2.45) is 17.4 Å². The van der Waals surface area contributed by atoms with Crippen LogP contribution < -0.4 is 31.9 Å². The minimum atomic E-state index is -4.80. The van der Waals surface area contributed by atoms with Gasteiger partial charge in [-0.05, 0) is 56.2 Å². The summed E-state index contributed by atoms with van der Waals surface area (Å²) in [5.41, 5.74) is 11.0. The first-order valence-electron chi connectivity index (χ1n) is 16.7. The Morgan fingerprint density at radius 2 is 1.62 bits per heavy atom. The summed E-state index contributed by atoms with van der Waals surface area (Å²) in [4.78, 5) is 111. The number of aliphatic hydroxyl groups excluding tert-OH is 1. The zero-order chi connectivity index (χ0) is 39.5. The Kier molecular flexibility index (Phi) is 16.2. The number of phosphoric ester groups is 1. The Labute approximate surface area is 301 Å². The predicted octanol–water partition coefficient (Wildman–Crippen LogP) is -1.83. The summed E-state index contributed by atoms with van der Waals surface area (Å²) in [5, 5.41) is 17.3. The molecule has 0 radical (unpaired) electrons. The maximum absolute atomic E-state index is 14.2. The fourth-order valence-electron chi connectivity index (χ4n) is 5.78. The van der Waals surface area contributed by atoms with E-state index >= 15 is 0 Å². The van der Waals surface area contributed by atoms with Gasteiger partial charge in [-0.3, -0.25) is 43.3 Å². The molecule has 1 aliphatic rings. The lowest BCUT2D eigenvalue weighted by Gasteiger charge is -2.36. The number of nitrogens with one attached hydrogen (secondary N) is 3. The van der Waals surface area contributed by atoms with Crippen LogP contribution in [0.5, 0.6) is 5.75 Å². The predicted molar refractivity (Wildman–Crippen MR) is 184 cm³/mol. The van der Waals surface area contributed by atoms with Crippen LogP contribution in [0.3, 0.4) is 0 Å². The first-order valence-corrected chi connectivity index (χ1v) is 18.2. The maximum atomic E-state index is 14.2. The van der Waals surface area contributed by atoms with Crippen LogP contribution in [0.2, 0.25) is 0 Å².